The first-order valence-electron chi connectivity index (χ1n) is 12.1. The van der Waals surface area contributed by atoms with Gasteiger partial charge >= 0.3 is 0 Å². The van der Waals surface area contributed by atoms with Crippen molar-refractivity contribution in [3.63, 3.8) is 0 Å². The number of aromatic amines is 1. The third kappa shape index (κ3) is 3.42. The summed E-state index contributed by atoms with van der Waals surface area (Å²) in [4.78, 5) is 50.1. The Hall–Kier alpha value is -5.11. The Labute approximate surface area is 216 Å². The molecule has 0 atom stereocenters. The summed E-state index contributed by atoms with van der Waals surface area (Å²) in [6.07, 6.45) is 1.54. The molecule has 0 unspecified atom stereocenters. The minimum absolute atomic E-state index is 0.0619. The highest BCUT2D eigenvalue weighted by molar-refractivity contribution is 6.20. The van der Waals surface area contributed by atoms with Crippen LogP contribution in [0, 0.1) is 13.8 Å². The van der Waals surface area contributed by atoms with Crippen molar-refractivity contribution in [1.29, 1.82) is 0 Å². The lowest BCUT2D eigenvalue weighted by Crippen LogP contribution is -2.19. The molecule has 38 heavy (non-hydrogen) atoms. The molecule has 0 radical (unpaired) electrons. The number of aryl methyl sites for hydroxylation is 1. The zero-order chi connectivity index (χ0) is 26.7. The number of pyridine rings is 1. The van der Waals surface area contributed by atoms with Crippen LogP contribution >= 0.6 is 0 Å². The molecule has 0 saturated carbocycles. The summed E-state index contributed by atoms with van der Waals surface area (Å²) >= 11 is 0. The van der Waals surface area contributed by atoms with Gasteiger partial charge in [-0.1, -0.05) is 36.4 Å². The lowest BCUT2D eigenvalue weighted by atomic mass is 9.93. The highest BCUT2D eigenvalue weighted by Crippen LogP contribution is 2.40. The molecule has 8 nitrogen and oxygen atoms in total. The molecular formula is C30H23N5O3. The Morgan fingerprint density at radius 2 is 1.76 bits per heavy atom. The number of hydrogen-bond acceptors (Lipinski definition) is 5. The van der Waals surface area contributed by atoms with Gasteiger partial charge in [0, 0.05) is 33.1 Å². The lowest BCUT2D eigenvalue weighted by molar-refractivity contribution is 0.0993. The number of amides is 1. The Kier molecular flexibility index (Phi) is 5.20. The van der Waals surface area contributed by atoms with E-state index in [9.17, 15) is 14.4 Å². The highest BCUT2D eigenvalue weighted by atomic mass is 16.1. The lowest BCUT2D eigenvalue weighted by Gasteiger charge is -2.16. The molecule has 0 aliphatic carbocycles. The zero-order valence-electron chi connectivity index (χ0n) is 21.0. The first-order chi connectivity index (χ1) is 18.3. The van der Waals surface area contributed by atoms with Gasteiger partial charge in [0.2, 0.25) is 0 Å². The fourth-order valence-corrected chi connectivity index (χ4v) is 5.22. The van der Waals surface area contributed by atoms with Crippen LogP contribution in [-0.4, -0.2) is 31.2 Å². The minimum Gasteiger partial charge on any atom is -0.364 e. The number of nitrogens with one attached hydrogen (secondary N) is 1. The molecule has 0 spiro atoms. The number of carbonyl (C=O) groups is 2. The topological polar surface area (TPSA) is 124 Å². The Bertz CT molecular complexity index is 2030. The molecule has 0 aliphatic heterocycles. The van der Waals surface area contributed by atoms with E-state index in [1.54, 1.807) is 29.1 Å². The number of carbonyl (C=O) groups excluding carboxylic acids is 2. The predicted octanol–water partition coefficient (Wildman–Crippen LogP) is 5.00. The number of fused-ring (bicyclic) bond motifs is 4. The van der Waals surface area contributed by atoms with E-state index in [1.807, 2.05) is 56.3 Å². The molecule has 0 aliphatic rings. The van der Waals surface area contributed by atoms with Gasteiger partial charge in [0.05, 0.1) is 22.1 Å². The molecule has 8 heteroatoms. The molecule has 1 amide bonds. The number of hydrogen-bond donors (Lipinski definition) is 2. The Balaban J connectivity index is 1.68. The van der Waals surface area contributed by atoms with Gasteiger partial charge < -0.3 is 10.7 Å². The van der Waals surface area contributed by atoms with Gasteiger partial charge in [0.25, 0.3) is 11.5 Å². The minimum atomic E-state index is -0.651. The van der Waals surface area contributed by atoms with Crippen molar-refractivity contribution >= 4 is 44.4 Å². The Morgan fingerprint density at radius 1 is 0.974 bits per heavy atom. The maximum atomic E-state index is 13.4. The summed E-state index contributed by atoms with van der Waals surface area (Å²) in [5.74, 6) is -0.713. The van der Waals surface area contributed by atoms with E-state index < -0.39 is 5.91 Å². The second-order valence-electron chi connectivity index (χ2n) is 9.36. The van der Waals surface area contributed by atoms with Gasteiger partial charge in [-0.05, 0) is 56.2 Å². The normalized spacial score (nSPS) is 11.4. The third-order valence-electron chi connectivity index (χ3n) is 7.07. The van der Waals surface area contributed by atoms with E-state index in [4.69, 9.17) is 5.73 Å². The van der Waals surface area contributed by atoms with Gasteiger partial charge in [-0.15, -0.1) is 0 Å². The second-order valence-corrected chi connectivity index (χ2v) is 9.36. The number of ketones is 1. The molecule has 186 valence electrons. The summed E-state index contributed by atoms with van der Waals surface area (Å²) in [5.41, 5.74) is 11.9. The number of Topliss-reactive ketones (excluding diaryl/α,β-unsaturated/α-hetero) is 1. The maximum absolute atomic E-state index is 13.4. The van der Waals surface area contributed by atoms with Crippen molar-refractivity contribution in [2.75, 3.05) is 0 Å². The molecule has 0 saturated heterocycles. The van der Waals surface area contributed by atoms with Crippen LogP contribution in [0.3, 0.4) is 0 Å². The molecule has 6 rings (SSSR count). The van der Waals surface area contributed by atoms with Crippen LogP contribution in [0.1, 0.15) is 39.0 Å². The summed E-state index contributed by atoms with van der Waals surface area (Å²) in [7, 11) is 0. The van der Waals surface area contributed by atoms with E-state index in [0.717, 1.165) is 27.5 Å². The van der Waals surface area contributed by atoms with E-state index >= 15 is 0 Å². The summed E-state index contributed by atoms with van der Waals surface area (Å²) in [5, 5.41) is 2.15. The average molecular weight is 502 g/mol. The molecule has 3 aromatic heterocycles. The van der Waals surface area contributed by atoms with Crippen LogP contribution in [0.2, 0.25) is 0 Å². The van der Waals surface area contributed by atoms with Crippen molar-refractivity contribution < 1.29 is 9.59 Å². The van der Waals surface area contributed by atoms with E-state index in [-0.39, 0.29) is 17.0 Å². The largest absolute Gasteiger partial charge is 0.364 e. The molecule has 3 N–H and O–H groups in total. The number of benzene rings is 3. The van der Waals surface area contributed by atoms with E-state index in [2.05, 4.69) is 15.0 Å². The summed E-state index contributed by atoms with van der Waals surface area (Å²) in [6.45, 7) is 5.29. The second kappa shape index (κ2) is 8.48. The zero-order valence-corrected chi connectivity index (χ0v) is 21.0. The fraction of sp³-hybridized carbons (Fsp3) is 0.100. The first-order valence-corrected chi connectivity index (χ1v) is 12.1. The van der Waals surface area contributed by atoms with Crippen LogP contribution in [0.25, 0.3) is 49.5 Å². The van der Waals surface area contributed by atoms with Crippen LogP contribution in [0.15, 0.2) is 71.8 Å². The maximum Gasteiger partial charge on any atom is 0.269 e. The number of nitrogens with zero attached hydrogens (tertiary/aromatic N) is 3. The number of rotatable bonds is 4. The van der Waals surface area contributed by atoms with Gasteiger partial charge in [0.15, 0.2) is 11.5 Å². The van der Waals surface area contributed by atoms with E-state index in [0.29, 0.717) is 38.9 Å². The van der Waals surface area contributed by atoms with Gasteiger partial charge in [-0.25, -0.2) is 9.97 Å². The standard InChI is InChI=1S/C30H23N5O3/c1-15-19(8-6-10-24(15)35-14-32-22-9-5-4-7-21(22)30(35)38)25-16(2)33-28(29(31)37)27-26(25)20-12-11-18(17(3)36)13-23(20)34-27/h4-14,34H,1-3H3,(H2,31,37). The smallest absolute Gasteiger partial charge is 0.269 e. The highest BCUT2D eigenvalue weighted by Gasteiger charge is 2.23. The quantitative estimate of drug-likeness (QED) is 0.329. The molecule has 3 heterocycles. The number of primary amides is 1. The molecule has 0 bridgehead atoms. The summed E-state index contributed by atoms with van der Waals surface area (Å²) in [6, 6.07) is 18.4. The molecule has 3 aromatic carbocycles. The fourth-order valence-electron chi connectivity index (χ4n) is 5.22. The van der Waals surface area contributed by atoms with Crippen LogP contribution in [0.4, 0.5) is 0 Å². The Morgan fingerprint density at radius 3 is 2.53 bits per heavy atom. The molecule has 0 fully saturated rings. The van der Waals surface area contributed by atoms with Crippen LogP contribution in [-0.2, 0) is 0 Å². The summed E-state index contributed by atoms with van der Waals surface area (Å²) < 4.78 is 1.55. The monoisotopic (exact) mass is 501 g/mol. The van der Waals surface area contributed by atoms with Crippen LogP contribution in [0.5, 0.6) is 0 Å². The predicted molar refractivity (Wildman–Crippen MR) is 148 cm³/mol. The molecular weight excluding hydrogens is 478 g/mol. The number of H-pyrrole nitrogens is 1. The van der Waals surface area contributed by atoms with Crippen molar-refractivity contribution in [2.24, 2.45) is 5.73 Å². The van der Waals surface area contributed by atoms with Gasteiger partial charge in [0.1, 0.15) is 6.33 Å². The van der Waals surface area contributed by atoms with Crippen molar-refractivity contribution in [3.8, 4) is 16.8 Å². The average Bonchev–Trinajstić information content (AvgIpc) is 3.28. The van der Waals surface area contributed by atoms with E-state index in [1.165, 1.54) is 6.92 Å². The number of aromatic nitrogens is 4. The van der Waals surface area contributed by atoms with Crippen molar-refractivity contribution in [2.45, 2.75) is 20.8 Å². The number of nitrogens with two attached hydrogens (primary N) is 1. The van der Waals surface area contributed by atoms with Crippen molar-refractivity contribution in [3.05, 3.63) is 99.9 Å². The van der Waals surface area contributed by atoms with Crippen LogP contribution < -0.4 is 11.3 Å². The SMILES string of the molecule is CC(=O)c1ccc2c(c1)[nH]c1c(C(N)=O)nc(C)c(-c3cccc(-n4cnc5ccccc5c4=O)c3C)c12. The number of para-hydroxylation sites is 1. The van der Waals surface area contributed by atoms with Gasteiger partial charge in [-0.2, -0.15) is 0 Å². The third-order valence-corrected chi connectivity index (χ3v) is 7.07. The first kappa shape index (κ1) is 23.3. The van der Waals surface area contributed by atoms with Crippen molar-refractivity contribution in [1.82, 2.24) is 19.5 Å². The van der Waals surface area contributed by atoms with Gasteiger partial charge in [-0.3, -0.25) is 19.0 Å². The molecule has 6 aromatic rings.